The summed E-state index contributed by atoms with van der Waals surface area (Å²) in [6, 6.07) is 11.1. The normalized spacial score (nSPS) is 13.3. The number of benzene rings is 2. The third kappa shape index (κ3) is 7.60. The van der Waals surface area contributed by atoms with Crippen LogP contribution in [0.15, 0.2) is 47.5 Å². The molecule has 5 rings (SSSR count). The Bertz CT molecular complexity index is 1820. The number of carbonyl (C=O) groups is 2. The third-order valence-corrected chi connectivity index (χ3v) is 8.66. The minimum atomic E-state index is -0.584. The fraction of sp³-hybridized carbons (Fsp3) is 0.281. The van der Waals surface area contributed by atoms with Gasteiger partial charge in [-0.25, -0.2) is 4.39 Å². The molecule has 9 nitrogen and oxygen atoms in total. The number of carbonyl (C=O) groups excluding carboxylic acids is 2. The molecule has 3 heterocycles. The molecule has 45 heavy (non-hydrogen) atoms. The highest BCUT2D eigenvalue weighted by Gasteiger charge is 2.32. The van der Waals surface area contributed by atoms with E-state index < -0.39 is 11.9 Å². The van der Waals surface area contributed by atoms with Crippen LogP contribution in [-0.2, 0) is 9.59 Å². The quantitative estimate of drug-likeness (QED) is 0.167. The predicted molar refractivity (Wildman–Crippen MR) is 178 cm³/mol. The smallest absolute Gasteiger partial charge is 0.224 e. The van der Waals surface area contributed by atoms with E-state index in [1.54, 1.807) is 11.3 Å². The maximum atomic E-state index is 13.9. The van der Waals surface area contributed by atoms with Gasteiger partial charge in [0.25, 0.3) is 0 Å². The maximum Gasteiger partial charge on any atom is 0.224 e. The third-order valence-electron chi connectivity index (χ3n) is 7.21. The molecule has 13 heteroatoms. The first kappa shape index (κ1) is 33.8. The molecule has 1 aliphatic heterocycles. The highest BCUT2D eigenvalue weighted by Crippen LogP contribution is 2.39. The van der Waals surface area contributed by atoms with E-state index in [0.29, 0.717) is 35.3 Å². The lowest BCUT2D eigenvalue weighted by Crippen LogP contribution is -2.27. The molecule has 1 atom stereocenters. The molecule has 234 valence electrons. The van der Waals surface area contributed by atoms with Crippen LogP contribution in [-0.4, -0.2) is 45.4 Å². The Morgan fingerprint density at radius 3 is 2.60 bits per heavy atom. The highest BCUT2D eigenvalue weighted by atomic mass is 35.5. The van der Waals surface area contributed by atoms with Crippen LogP contribution in [0, 0.1) is 38.4 Å². The number of hydrogen-bond acceptors (Lipinski definition) is 7. The van der Waals surface area contributed by atoms with Crippen LogP contribution < -0.4 is 16.4 Å². The first-order chi connectivity index (χ1) is 21.2. The summed E-state index contributed by atoms with van der Waals surface area (Å²) in [5.74, 6) is 5.59. The molecule has 0 aliphatic carbocycles. The van der Waals surface area contributed by atoms with Gasteiger partial charge in [-0.2, -0.15) is 0 Å². The lowest BCUT2D eigenvalue weighted by molar-refractivity contribution is -0.122. The van der Waals surface area contributed by atoms with E-state index in [4.69, 9.17) is 22.3 Å². The summed E-state index contributed by atoms with van der Waals surface area (Å²) < 4.78 is 15.9. The van der Waals surface area contributed by atoms with Gasteiger partial charge in [0, 0.05) is 39.7 Å². The number of nitrogens with one attached hydrogen (secondary N) is 2. The molecule has 1 aliphatic rings. The second-order valence-electron chi connectivity index (χ2n) is 10.3. The second kappa shape index (κ2) is 14.8. The van der Waals surface area contributed by atoms with Crippen molar-refractivity contribution in [1.29, 1.82) is 0 Å². The Labute approximate surface area is 275 Å². The van der Waals surface area contributed by atoms with E-state index in [0.717, 1.165) is 32.3 Å². The zero-order valence-corrected chi connectivity index (χ0v) is 27.3. The van der Waals surface area contributed by atoms with Gasteiger partial charge in [-0.3, -0.25) is 19.1 Å². The first-order valence-corrected chi connectivity index (χ1v) is 15.3. The standard InChI is InChI=1S/C32H31ClFN7O2S.ClH/c1-18-19(2)44-32-29(18)30(21-8-10-23(33)11-9-21)38-26(31-40-39-20(3)41(31)32)17-28(43)36-15-5-7-27(42)37-24-12-13-25(34)22(16-24)6-4-14-35;/h8-13,16,26H,5,7,14-15,17,35H2,1-3H3,(H,36,43)(H,37,42);1H/t26-;/m0./s1. The number of aromatic nitrogens is 3. The van der Waals surface area contributed by atoms with Crippen LogP contribution in [0.2, 0.25) is 5.02 Å². The Kier molecular flexibility index (Phi) is 11.1. The van der Waals surface area contributed by atoms with Crippen LogP contribution in [0.1, 0.15) is 64.1 Å². The van der Waals surface area contributed by atoms with Crippen molar-refractivity contribution < 1.29 is 14.0 Å². The van der Waals surface area contributed by atoms with E-state index in [2.05, 4.69) is 46.5 Å². The number of nitrogens with two attached hydrogens (primary N) is 1. The topological polar surface area (TPSA) is 127 Å². The molecule has 2 aromatic carbocycles. The van der Waals surface area contributed by atoms with Crippen molar-refractivity contribution in [2.75, 3.05) is 18.4 Å². The van der Waals surface area contributed by atoms with E-state index >= 15 is 0 Å². The van der Waals surface area contributed by atoms with Gasteiger partial charge in [0.1, 0.15) is 22.7 Å². The van der Waals surface area contributed by atoms with Gasteiger partial charge < -0.3 is 16.4 Å². The number of halogens is 3. The van der Waals surface area contributed by atoms with Gasteiger partial charge in [-0.1, -0.05) is 35.6 Å². The van der Waals surface area contributed by atoms with Gasteiger partial charge in [-0.15, -0.1) is 33.9 Å². The van der Waals surface area contributed by atoms with E-state index in [-0.39, 0.29) is 49.2 Å². The molecule has 0 unspecified atom stereocenters. The molecule has 0 saturated carbocycles. The van der Waals surface area contributed by atoms with Gasteiger partial charge in [0.05, 0.1) is 24.2 Å². The SMILES string of the molecule is Cc1sc2c(c1C)C(c1ccc(Cl)cc1)=N[C@@H](CC(=O)NCCCC(=O)Nc1ccc(F)c(C#CCN)c1)c1nnc(C)n1-2.Cl. The van der Waals surface area contributed by atoms with Crippen LogP contribution in [0.25, 0.3) is 5.00 Å². The fourth-order valence-electron chi connectivity index (χ4n) is 4.93. The first-order valence-electron chi connectivity index (χ1n) is 14.1. The summed E-state index contributed by atoms with van der Waals surface area (Å²) in [5.41, 5.74) is 9.73. The number of aliphatic imine (C=N–C) groups is 1. The zero-order chi connectivity index (χ0) is 31.4. The number of thiophene rings is 1. The number of rotatable bonds is 8. The molecule has 2 amide bonds. The van der Waals surface area contributed by atoms with Crippen molar-refractivity contribution in [3.8, 4) is 16.8 Å². The Morgan fingerprint density at radius 2 is 1.87 bits per heavy atom. The molecule has 4 N–H and O–H groups in total. The number of aryl methyl sites for hydroxylation is 2. The summed E-state index contributed by atoms with van der Waals surface area (Å²) in [4.78, 5) is 31.9. The fourth-order valence-corrected chi connectivity index (χ4v) is 6.27. The lowest BCUT2D eigenvalue weighted by atomic mass is 9.99. The highest BCUT2D eigenvalue weighted by molar-refractivity contribution is 7.15. The molecule has 4 aromatic rings. The van der Waals surface area contributed by atoms with Crippen molar-refractivity contribution in [1.82, 2.24) is 20.1 Å². The molecular weight excluding hydrogens is 636 g/mol. The molecule has 0 spiro atoms. The van der Waals surface area contributed by atoms with Gasteiger partial charge in [-0.05, 0) is 63.1 Å². The predicted octanol–water partition coefficient (Wildman–Crippen LogP) is 5.60. The van der Waals surface area contributed by atoms with Gasteiger partial charge in [0.15, 0.2) is 5.82 Å². The zero-order valence-electron chi connectivity index (χ0n) is 24.9. The van der Waals surface area contributed by atoms with E-state index in [9.17, 15) is 14.0 Å². The lowest BCUT2D eigenvalue weighted by Gasteiger charge is -2.13. The summed E-state index contributed by atoms with van der Waals surface area (Å²) in [6.45, 7) is 6.44. The van der Waals surface area contributed by atoms with Crippen molar-refractivity contribution in [3.63, 3.8) is 0 Å². The van der Waals surface area contributed by atoms with Gasteiger partial charge in [0.2, 0.25) is 11.8 Å². The number of anilines is 1. The number of hydrogen-bond donors (Lipinski definition) is 3. The average molecular weight is 669 g/mol. The van der Waals surface area contributed by atoms with E-state index in [1.807, 2.05) is 35.8 Å². The minimum absolute atomic E-state index is 0. The minimum Gasteiger partial charge on any atom is -0.356 e. The van der Waals surface area contributed by atoms with Crippen molar-refractivity contribution in [2.45, 2.75) is 46.1 Å². The van der Waals surface area contributed by atoms with Crippen molar-refractivity contribution in [3.05, 3.63) is 92.1 Å². The van der Waals surface area contributed by atoms with Crippen molar-refractivity contribution in [2.24, 2.45) is 10.7 Å². The molecule has 0 fully saturated rings. The summed E-state index contributed by atoms with van der Waals surface area (Å²) in [5, 5.41) is 16.0. The summed E-state index contributed by atoms with van der Waals surface area (Å²) in [7, 11) is 0. The van der Waals surface area contributed by atoms with Crippen LogP contribution in [0.4, 0.5) is 10.1 Å². The van der Waals surface area contributed by atoms with Crippen LogP contribution in [0.3, 0.4) is 0 Å². The number of fused-ring (bicyclic) bond motifs is 3. The second-order valence-corrected chi connectivity index (χ2v) is 12.0. The average Bonchev–Trinajstić information content (AvgIpc) is 3.47. The van der Waals surface area contributed by atoms with Crippen molar-refractivity contribution >= 4 is 58.6 Å². The molecule has 0 bridgehead atoms. The summed E-state index contributed by atoms with van der Waals surface area (Å²) >= 11 is 7.83. The monoisotopic (exact) mass is 667 g/mol. The number of nitrogens with zero attached hydrogens (tertiary/aromatic N) is 4. The molecule has 0 radical (unpaired) electrons. The summed E-state index contributed by atoms with van der Waals surface area (Å²) in [6.07, 6.45) is 0.625. The number of amides is 2. The molecular formula is C32H32Cl2FN7O2S. The Balaban J connectivity index is 0.00000461. The Morgan fingerprint density at radius 1 is 1.11 bits per heavy atom. The molecule has 0 saturated heterocycles. The molecule has 2 aromatic heterocycles. The Hall–Kier alpha value is -4.08. The van der Waals surface area contributed by atoms with Crippen LogP contribution >= 0.6 is 35.3 Å². The van der Waals surface area contributed by atoms with Crippen LogP contribution in [0.5, 0.6) is 0 Å². The maximum absolute atomic E-state index is 13.9. The largest absolute Gasteiger partial charge is 0.356 e. The van der Waals surface area contributed by atoms with E-state index in [1.165, 1.54) is 18.2 Å². The van der Waals surface area contributed by atoms with Gasteiger partial charge >= 0.3 is 0 Å².